The zero-order valence-corrected chi connectivity index (χ0v) is 10.7. The van der Waals surface area contributed by atoms with Crippen LogP contribution in [0.4, 0.5) is 23.2 Å². The van der Waals surface area contributed by atoms with Crippen molar-refractivity contribution in [3.8, 4) is 5.75 Å². The highest BCUT2D eigenvalue weighted by atomic mass is 19.4. The lowest BCUT2D eigenvalue weighted by Crippen LogP contribution is -2.23. The first-order valence-electron chi connectivity index (χ1n) is 6.31. The summed E-state index contributed by atoms with van der Waals surface area (Å²) in [7, 11) is 0. The molecule has 1 N–H and O–H groups in total. The summed E-state index contributed by atoms with van der Waals surface area (Å²) < 4.78 is 56.4. The smallest absolute Gasteiger partial charge is 0.416 e. The van der Waals surface area contributed by atoms with Crippen LogP contribution in [0.3, 0.4) is 0 Å². The van der Waals surface area contributed by atoms with Gasteiger partial charge in [0, 0.05) is 6.07 Å². The van der Waals surface area contributed by atoms with Crippen LogP contribution in [0.5, 0.6) is 5.75 Å². The van der Waals surface area contributed by atoms with Gasteiger partial charge in [-0.1, -0.05) is 12.1 Å². The van der Waals surface area contributed by atoms with Gasteiger partial charge in [0.1, 0.15) is 17.7 Å². The van der Waals surface area contributed by atoms with Crippen molar-refractivity contribution in [1.29, 1.82) is 0 Å². The topological polar surface area (TPSA) is 21.3 Å². The third-order valence-corrected chi connectivity index (χ3v) is 3.30. The molecule has 0 aliphatic carbocycles. The number of alkyl halides is 3. The molecule has 110 valence electrons. The predicted molar refractivity (Wildman–Crippen MR) is 69.7 cm³/mol. The van der Waals surface area contributed by atoms with E-state index in [1.807, 2.05) is 0 Å². The van der Waals surface area contributed by atoms with Crippen LogP contribution >= 0.6 is 0 Å². The van der Waals surface area contributed by atoms with Gasteiger partial charge < -0.3 is 10.1 Å². The van der Waals surface area contributed by atoms with Crippen molar-refractivity contribution in [1.82, 2.24) is 0 Å². The van der Waals surface area contributed by atoms with E-state index in [1.165, 1.54) is 24.3 Å². The highest BCUT2D eigenvalue weighted by Gasteiger charge is 2.30. The van der Waals surface area contributed by atoms with Gasteiger partial charge in [0.15, 0.2) is 0 Å². The summed E-state index contributed by atoms with van der Waals surface area (Å²) in [5.74, 6) is -0.0743. The van der Waals surface area contributed by atoms with Crippen LogP contribution in [0, 0.1) is 5.82 Å². The van der Waals surface area contributed by atoms with E-state index in [2.05, 4.69) is 5.32 Å². The second-order valence-corrected chi connectivity index (χ2v) is 4.75. The van der Waals surface area contributed by atoms with Crippen molar-refractivity contribution in [2.45, 2.75) is 12.3 Å². The van der Waals surface area contributed by atoms with Crippen LogP contribution in [0.2, 0.25) is 0 Å². The molecule has 0 aromatic heterocycles. The monoisotopic (exact) mass is 297 g/mol. The normalized spacial score (nSPS) is 17.6. The number of fused-ring (bicyclic) bond motifs is 1. The van der Waals surface area contributed by atoms with Crippen LogP contribution < -0.4 is 10.1 Å². The van der Waals surface area contributed by atoms with Crippen LogP contribution in [-0.2, 0) is 6.18 Å². The minimum Gasteiger partial charge on any atom is -0.482 e. The summed E-state index contributed by atoms with van der Waals surface area (Å²) in [6.07, 6.45) is -4.82. The first kappa shape index (κ1) is 13.7. The van der Waals surface area contributed by atoms with E-state index in [9.17, 15) is 17.6 Å². The standard InChI is InChI=1S/C15H11F4NO/c16-11-5-6-12-13(7-11)21-14(8-20-12)9-1-3-10(4-2-9)15(17,18)19/h1-7,14,20H,8H2. The van der Waals surface area contributed by atoms with Gasteiger partial charge in [0.2, 0.25) is 0 Å². The van der Waals surface area contributed by atoms with Gasteiger partial charge in [-0.3, -0.25) is 0 Å². The number of halogens is 4. The highest BCUT2D eigenvalue weighted by molar-refractivity contribution is 5.58. The zero-order valence-electron chi connectivity index (χ0n) is 10.7. The van der Waals surface area contributed by atoms with Crippen LogP contribution in [0.1, 0.15) is 17.2 Å². The van der Waals surface area contributed by atoms with Crippen molar-refractivity contribution in [3.05, 3.63) is 59.4 Å². The van der Waals surface area contributed by atoms with E-state index in [0.717, 1.165) is 12.1 Å². The fourth-order valence-corrected chi connectivity index (χ4v) is 2.21. The summed E-state index contributed by atoms with van der Waals surface area (Å²) in [6, 6.07) is 8.90. The fraction of sp³-hybridized carbons (Fsp3) is 0.200. The van der Waals surface area contributed by atoms with Crippen molar-refractivity contribution in [2.75, 3.05) is 11.9 Å². The molecule has 1 heterocycles. The Kier molecular flexibility index (Phi) is 3.23. The maximum absolute atomic E-state index is 13.2. The third-order valence-electron chi connectivity index (χ3n) is 3.30. The van der Waals surface area contributed by atoms with E-state index in [-0.39, 0.29) is 0 Å². The van der Waals surface area contributed by atoms with Crippen molar-refractivity contribution in [3.63, 3.8) is 0 Å². The molecule has 1 aliphatic rings. The number of ether oxygens (including phenoxy) is 1. The maximum atomic E-state index is 13.2. The molecule has 0 fully saturated rings. The number of anilines is 1. The summed E-state index contributed by atoms with van der Waals surface area (Å²) in [6.45, 7) is 0.407. The van der Waals surface area contributed by atoms with Crippen molar-refractivity contribution < 1.29 is 22.3 Å². The Morgan fingerprint density at radius 3 is 2.43 bits per heavy atom. The second-order valence-electron chi connectivity index (χ2n) is 4.75. The molecule has 1 aliphatic heterocycles. The molecule has 2 nitrogen and oxygen atoms in total. The lowest BCUT2D eigenvalue weighted by atomic mass is 10.1. The van der Waals surface area contributed by atoms with Gasteiger partial charge >= 0.3 is 6.18 Å². The zero-order chi connectivity index (χ0) is 15.0. The van der Waals surface area contributed by atoms with Gasteiger partial charge in [0.05, 0.1) is 17.8 Å². The fourth-order valence-electron chi connectivity index (χ4n) is 2.21. The Morgan fingerprint density at radius 2 is 1.76 bits per heavy atom. The van der Waals surface area contributed by atoms with Crippen LogP contribution in [0.25, 0.3) is 0 Å². The first-order chi connectivity index (χ1) is 9.93. The molecule has 0 radical (unpaired) electrons. The van der Waals surface area contributed by atoms with E-state index in [0.29, 0.717) is 23.5 Å². The summed E-state index contributed by atoms with van der Waals surface area (Å²) in [5.41, 5.74) is 0.562. The first-order valence-corrected chi connectivity index (χ1v) is 6.31. The van der Waals surface area contributed by atoms with Crippen molar-refractivity contribution in [2.24, 2.45) is 0 Å². The van der Waals surface area contributed by atoms with E-state index in [4.69, 9.17) is 4.74 Å². The summed E-state index contributed by atoms with van der Waals surface area (Å²) >= 11 is 0. The van der Waals surface area contributed by atoms with Gasteiger partial charge in [-0.15, -0.1) is 0 Å². The quantitative estimate of drug-likeness (QED) is 0.788. The summed E-state index contributed by atoms with van der Waals surface area (Å²) in [5, 5.41) is 3.07. The molecule has 0 bridgehead atoms. The average molecular weight is 297 g/mol. The molecule has 21 heavy (non-hydrogen) atoms. The summed E-state index contributed by atoms with van der Waals surface area (Å²) in [4.78, 5) is 0. The molecule has 2 aromatic carbocycles. The number of hydrogen-bond donors (Lipinski definition) is 1. The van der Waals surface area contributed by atoms with Gasteiger partial charge in [-0.05, 0) is 29.8 Å². The van der Waals surface area contributed by atoms with Crippen LogP contribution in [0.15, 0.2) is 42.5 Å². The highest BCUT2D eigenvalue weighted by Crippen LogP contribution is 2.35. The van der Waals surface area contributed by atoms with Gasteiger partial charge in [-0.2, -0.15) is 13.2 Å². The average Bonchev–Trinajstić information content (AvgIpc) is 2.45. The molecule has 0 amide bonds. The molecule has 0 saturated carbocycles. The number of nitrogens with one attached hydrogen (secondary N) is 1. The van der Waals surface area contributed by atoms with E-state index < -0.39 is 23.7 Å². The Labute approximate surface area is 118 Å². The lowest BCUT2D eigenvalue weighted by Gasteiger charge is -2.27. The minimum atomic E-state index is -4.36. The third kappa shape index (κ3) is 2.79. The van der Waals surface area contributed by atoms with E-state index >= 15 is 0 Å². The largest absolute Gasteiger partial charge is 0.482 e. The molecule has 3 rings (SSSR count). The van der Waals surface area contributed by atoms with Crippen LogP contribution in [-0.4, -0.2) is 6.54 Å². The predicted octanol–water partition coefficient (Wildman–Crippen LogP) is 4.39. The Hall–Kier alpha value is -2.24. The molecular formula is C15H11F4NO. The second kappa shape index (κ2) is 4.95. The maximum Gasteiger partial charge on any atom is 0.416 e. The molecule has 6 heteroatoms. The van der Waals surface area contributed by atoms with Gasteiger partial charge in [-0.25, -0.2) is 4.39 Å². The lowest BCUT2D eigenvalue weighted by molar-refractivity contribution is -0.137. The Bertz CT molecular complexity index is 652. The molecule has 2 aromatic rings. The molecule has 0 spiro atoms. The Balaban J connectivity index is 1.83. The molecule has 1 atom stereocenters. The minimum absolute atomic E-state index is 0.353. The van der Waals surface area contributed by atoms with Crippen molar-refractivity contribution >= 4 is 5.69 Å². The Morgan fingerprint density at radius 1 is 1.05 bits per heavy atom. The van der Waals surface area contributed by atoms with E-state index in [1.54, 1.807) is 6.07 Å². The number of rotatable bonds is 1. The molecular weight excluding hydrogens is 286 g/mol. The van der Waals surface area contributed by atoms with Gasteiger partial charge in [0.25, 0.3) is 0 Å². The molecule has 0 saturated heterocycles. The number of benzene rings is 2. The number of hydrogen-bond acceptors (Lipinski definition) is 2. The molecule has 1 unspecified atom stereocenters. The SMILES string of the molecule is Fc1ccc2c(c1)OC(c1ccc(C(F)(F)F)cc1)CN2.